The summed E-state index contributed by atoms with van der Waals surface area (Å²) in [6, 6.07) is 0.116. The predicted octanol–water partition coefficient (Wildman–Crippen LogP) is 1.16. The molecule has 0 aromatic carbocycles. The van der Waals surface area contributed by atoms with E-state index >= 15 is 0 Å². The van der Waals surface area contributed by atoms with E-state index in [0.29, 0.717) is 13.2 Å². The monoisotopic (exact) mass is 250 g/mol. The van der Waals surface area contributed by atoms with Crippen molar-refractivity contribution in [1.82, 2.24) is 9.55 Å². The van der Waals surface area contributed by atoms with Gasteiger partial charge in [-0.15, -0.1) is 0 Å². The Morgan fingerprint density at radius 1 is 1.47 bits per heavy atom. The van der Waals surface area contributed by atoms with Crippen LogP contribution in [-0.4, -0.2) is 31.2 Å². The Labute approximate surface area is 92.4 Å². The number of imidazole rings is 1. The molecule has 1 aromatic rings. The van der Waals surface area contributed by atoms with Gasteiger partial charge in [0.2, 0.25) is 5.16 Å². The van der Waals surface area contributed by atoms with E-state index in [2.05, 4.69) is 4.98 Å². The Morgan fingerprint density at radius 3 is 2.73 bits per heavy atom. The average molecular weight is 251 g/mol. The molecule has 0 N–H and O–H groups in total. The van der Waals surface area contributed by atoms with Gasteiger partial charge in [-0.25, -0.2) is 13.4 Å². The van der Waals surface area contributed by atoms with E-state index in [0.717, 1.165) is 12.8 Å². The lowest BCUT2D eigenvalue weighted by Gasteiger charge is -2.24. The smallest absolute Gasteiger partial charge is 0.295 e. The van der Waals surface area contributed by atoms with Crippen LogP contribution in [0.2, 0.25) is 0 Å². The van der Waals surface area contributed by atoms with Crippen LogP contribution in [-0.2, 0) is 13.8 Å². The maximum atomic E-state index is 11.2. The molecule has 7 heteroatoms. The number of hydrogen-bond donors (Lipinski definition) is 0. The van der Waals surface area contributed by atoms with E-state index in [1.807, 2.05) is 0 Å². The number of rotatable bonds is 2. The summed E-state index contributed by atoms with van der Waals surface area (Å²) < 4.78 is 29.2. The molecular weight excluding hydrogens is 240 g/mol. The third-order valence-corrected chi connectivity index (χ3v) is 3.60. The zero-order valence-corrected chi connectivity index (χ0v) is 9.54. The van der Waals surface area contributed by atoms with Crippen LogP contribution in [0.5, 0.6) is 0 Å². The third kappa shape index (κ3) is 2.32. The van der Waals surface area contributed by atoms with Crippen LogP contribution in [0.4, 0.5) is 0 Å². The fraction of sp³-hybridized carbons (Fsp3) is 0.625. The van der Waals surface area contributed by atoms with Crippen LogP contribution < -0.4 is 0 Å². The second-order valence-corrected chi connectivity index (χ2v) is 5.86. The third-order valence-electron chi connectivity index (χ3n) is 2.44. The molecule has 0 saturated carbocycles. The van der Waals surface area contributed by atoms with E-state index in [-0.39, 0.29) is 11.2 Å². The molecule has 1 aliphatic heterocycles. The standard InChI is InChI=1S/C8H11ClN2O3S/c9-15(12,13)8-10-3-4-11(8)7-1-5-14-6-2-7/h3-4,7H,1-2,5-6H2. The molecule has 0 radical (unpaired) electrons. The molecule has 2 heterocycles. The molecule has 0 amide bonds. The Hall–Kier alpha value is -0.590. The molecule has 15 heavy (non-hydrogen) atoms. The number of ether oxygens (including phenoxy) is 1. The van der Waals surface area contributed by atoms with Gasteiger partial charge < -0.3 is 9.30 Å². The van der Waals surface area contributed by atoms with Gasteiger partial charge in [0, 0.05) is 42.3 Å². The maximum Gasteiger partial charge on any atom is 0.295 e. The lowest BCUT2D eigenvalue weighted by molar-refractivity contribution is 0.0672. The Morgan fingerprint density at radius 2 is 2.13 bits per heavy atom. The van der Waals surface area contributed by atoms with Crippen molar-refractivity contribution >= 4 is 19.7 Å². The molecule has 5 nitrogen and oxygen atoms in total. The largest absolute Gasteiger partial charge is 0.381 e. The van der Waals surface area contributed by atoms with E-state index in [1.54, 1.807) is 10.8 Å². The first kappa shape index (κ1) is 10.9. The summed E-state index contributed by atoms with van der Waals surface area (Å²) in [5.41, 5.74) is 0. The lowest BCUT2D eigenvalue weighted by atomic mass is 10.1. The summed E-state index contributed by atoms with van der Waals surface area (Å²) in [5.74, 6) is 0. The minimum Gasteiger partial charge on any atom is -0.381 e. The van der Waals surface area contributed by atoms with Crippen LogP contribution in [0, 0.1) is 0 Å². The van der Waals surface area contributed by atoms with Gasteiger partial charge in [-0.1, -0.05) is 0 Å². The fourth-order valence-corrected chi connectivity index (χ4v) is 2.74. The van der Waals surface area contributed by atoms with Crippen molar-refractivity contribution in [2.24, 2.45) is 0 Å². The molecule has 1 fully saturated rings. The highest BCUT2D eigenvalue weighted by Crippen LogP contribution is 2.25. The topological polar surface area (TPSA) is 61.2 Å². The summed E-state index contributed by atoms with van der Waals surface area (Å²) >= 11 is 0. The Kier molecular flexibility index (Phi) is 2.99. The normalized spacial score (nSPS) is 19.3. The summed E-state index contributed by atoms with van der Waals surface area (Å²) in [6.07, 6.45) is 4.67. The Bertz CT molecular complexity index is 436. The minimum atomic E-state index is -3.76. The molecule has 1 aromatic heterocycles. The summed E-state index contributed by atoms with van der Waals surface area (Å²) in [4.78, 5) is 3.76. The van der Waals surface area contributed by atoms with E-state index in [4.69, 9.17) is 15.4 Å². The lowest BCUT2D eigenvalue weighted by Crippen LogP contribution is -2.21. The molecule has 1 aliphatic rings. The molecular formula is C8H11ClN2O3S. The number of nitrogens with zero attached hydrogens (tertiary/aromatic N) is 2. The van der Waals surface area contributed by atoms with Gasteiger partial charge in [-0.3, -0.25) is 0 Å². The maximum absolute atomic E-state index is 11.2. The van der Waals surface area contributed by atoms with Crippen molar-refractivity contribution in [3.63, 3.8) is 0 Å². The van der Waals surface area contributed by atoms with Crippen LogP contribution in [0.1, 0.15) is 18.9 Å². The summed E-state index contributed by atoms with van der Waals surface area (Å²) in [6.45, 7) is 1.29. The van der Waals surface area contributed by atoms with Crippen molar-refractivity contribution in [3.05, 3.63) is 12.4 Å². The van der Waals surface area contributed by atoms with E-state index < -0.39 is 9.05 Å². The number of aromatic nitrogens is 2. The second kappa shape index (κ2) is 4.11. The minimum absolute atomic E-state index is 0.0731. The number of hydrogen-bond acceptors (Lipinski definition) is 4. The zero-order valence-electron chi connectivity index (χ0n) is 7.97. The van der Waals surface area contributed by atoms with Crippen molar-refractivity contribution in [1.29, 1.82) is 0 Å². The van der Waals surface area contributed by atoms with Crippen molar-refractivity contribution < 1.29 is 13.2 Å². The van der Waals surface area contributed by atoms with Crippen LogP contribution in [0.3, 0.4) is 0 Å². The highest BCUT2D eigenvalue weighted by Gasteiger charge is 2.23. The molecule has 0 bridgehead atoms. The van der Waals surface area contributed by atoms with Gasteiger partial charge in [-0.2, -0.15) is 0 Å². The molecule has 1 saturated heterocycles. The van der Waals surface area contributed by atoms with Crippen molar-refractivity contribution in [2.45, 2.75) is 24.0 Å². The van der Waals surface area contributed by atoms with Crippen LogP contribution in [0.15, 0.2) is 17.6 Å². The van der Waals surface area contributed by atoms with Crippen LogP contribution in [0.25, 0.3) is 0 Å². The van der Waals surface area contributed by atoms with Crippen molar-refractivity contribution in [3.8, 4) is 0 Å². The molecule has 0 aliphatic carbocycles. The second-order valence-electron chi connectivity index (χ2n) is 3.40. The first-order valence-electron chi connectivity index (χ1n) is 4.64. The molecule has 0 atom stereocenters. The van der Waals surface area contributed by atoms with Crippen molar-refractivity contribution in [2.75, 3.05) is 13.2 Å². The highest BCUT2D eigenvalue weighted by molar-refractivity contribution is 8.13. The van der Waals surface area contributed by atoms with Gasteiger partial charge >= 0.3 is 0 Å². The number of halogens is 1. The summed E-state index contributed by atoms with van der Waals surface area (Å²) in [7, 11) is 1.53. The first-order valence-corrected chi connectivity index (χ1v) is 6.95. The SMILES string of the molecule is O=S(=O)(Cl)c1nccn1C1CCOCC1. The Balaban J connectivity index is 2.32. The van der Waals surface area contributed by atoms with E-state index in [1.165, 1.54) is 6.20 Å². The fourth-order valence-electron chi connectivity index (χ4n) is 1.73. The van der Waals surface area contributed by atoms with Gasteiger partial charge in [0.05, 0.1) is 0 Å². The van der Waals surface area contributed by atoms with E-state index in [9.17, 15) is 8.42 Å². The zero-order chi connectivity index (χ0) is 10.9. The first-order chi connectivity index (χ1) is 7.09. The molecule has 0 spiro atoms. The van der Waals surface area contributed by atoms with Gasteiger partial charge in [0.15, 0.2) is 0 Å². The van der Waals surface area contributed by atoms with Crippen LogP contribution >= 0.6 is 10.7 Å². The van der Waals surface area contributed by atoms with Gasteiger partial charge in [0.25, 0.3) is 9.05 Å². The summed E-state index contributed by atoms with van der Waals surface area (Å²) in [5, 5.41) is -0.0731. The predicted molar refractivity (Wildman–Crippen MR) is 54.4 cm³/mol. The molecule has 84 valence electrons. The molecule has 2 rings (SSSR count). The quantitative estimate of drug-likeness (QED) is 0.739. The molecule has 0 unspecified atom stereocenters. The highest BCUT2D eigenvalue weighted by atomic mass is 35.7. The van der Waals surface area contributed by atoms with Gasteiger partial charge in [-0.05, 0) is 12.8 Å². The van der Waals surface area contributed by atoms with Gasteiger partial charge in [0.1, 0.15) is 0 Å². The average Bonchev–Trinajstić information content (AvgIpc) is 2.67.